The Morgan fingerprint density at radius 3 is 2.23 bits per heavy atom. The number of anilines is 1. The van der Waals surface area contributed by atoms with Gasteiger partial charge in [-0.2, -0.15) is 8.42 Å². The first-order valence-electron chi connectivity index (χ1n) is 7.64. The molecule has 0 bridgehead atoms. The lowest BCUT2D eigenvalue weighted by molar-refractivity contribution is 0.592. The van der Waals surface area contributed by atoms with Gasteiger partial charge in [-0.25, -0.2) is 13.8 Å². The van der Waals surface area contributed by atoms with Gasteiger partial charge < -0.3 is 0 Å². The summed E-state index contributed by atoms with van der Waals surface area (Å²) in [4.78, 5) is 8.23. The van der Waals surface area contributed by atoms with Crippen molar-refractivity contribution in [3.8, 4) is 11.1 Å². The van der Waals surface area contributed by atoms with Gasteiger partial charge in [0.1, 0.15) is 11.6 Å². The fourth-order valence-electron chi connectivity index (χ4n) is 2.48. The average Bonchev–Trinajstić information content (AvgIpc) is 2.57. The van der Waals surface area contributed by atoms with Crippen LogP contribution in [0, 0.1) is 25.5 Å². The molecular weight excluding hydrogens is 360 g/mol. The molecule has 0 aliphatic heterocycles. The molecule has 3 aromatic rings. The fourth-order valence-corrected chi connectivity index (χ4v) is 3.47. The van der Waals surface area contributed by atoms with Crippen molar-refractivity contribution in [2.45, 2.75) is 18.9 Å². The number of hydrogen-bond donors (Lipinski definition) is 1. The molecule has 0 unspecified atom stereocenters. The number of rotatable bonds is 4. The number of aromatic nitrogens is 2. The molecule has 2 aromatic heterocycles. The summed E-state index contributed by atoms with van der Waals surface area (Å²) in [7, 11) is -4.15. The largest absolute Gasteiger partial charge is 0.279 e. The van der Waals surface area contributed by atoms with Crippen molar-refractivity contribution in [3.63, 3.8) is 0 Å². The minimum atomic E-state index is -4.15. The molecule has 0 saturated carbocycles. The molecule has 1 N–H and O–H groups in total. The van der Waals surface area contributed by atoms with Gasteiger partial charge in [0.15, 0.2) is 5.03 Å². The lowest BCUT2D eigenvalue weighted by atomic mass is 10.1. The third-order valence-electron chi connectivity index (χ3n) is 3.60. The van der Waals surface area contributed by atoms with Gasteiger partial charge in [-0.15, -0.1) is 0 Å². The van der Waals surface area contributed by atoms with Crippen LogP contribution in [0.1, 0.15) is 11.4 Å². The Bertz CT molecular complexity index is 1050. The van der Waals surface area contributed by atoms with Crippen molar-refractivity contribution in [2.24, 2.45) is 0 Å². The minimum Gasteiger partial charge on any atom is -0.275 e. The second-order valence-electron chi connectivity index (χ2n) is 5.75. The number of aryl methyl sites for hydroxylation is 2. The molecule has 0 fully saturated rings. The van der Waals surface area contributed by atoms with Crippen LogP contribution in [0.25, 0.3) is 11.1 Å². The van der Waals surface area contributed by atoms with Crippen molar-refractivity contribution >= 4 is 15.7 Å². The summed E-state index contributed by atoms with van der Waals surface area (Å²) in [5.41, 5.74) is 2.77. The molecule has 0 radical (unpaired) electrons. The van der Waals surface area contributed by atoms with E-state index in [4.69, 9.17) is 0 Å². The lowest BCUT2D eigenvalue weighted by Gasteiger charge is -2.09. The van der Waals surface area contributed by atoms with Crippen molar-refractivity contribution in [1.29, 1.82) is 0 Å². The van der Waals surface area contributed by atoms with Crippen molar-refractivity contribution in [2.75, 3.05) is 4.72 Å². The molecule has 0 atom stereocenters. The molecule has 2 heterocycles. The van der Waals surface area contributed by atoms with Gasteiger partial charge in [-0.05, 0) is 55.8 Å². The predicted octanol–water partition coefficient (Wildman–Crippen LogP) is 3.84. The molecule has 3 rings (SSSR count). The number of halogens is 2. The summed E-state index contributed by atoms with van der Waals surface area (Å²) in [6.45, 7) is 3.72. The van der Waals surface area contributed by atoms with Crippen LogP contribution >= 0.6 is 0 Å². The highest BCUT2D eigenvalue weighted by atomic mass is 32.2. The van der Waals surface area contributed by atoms with E-state index in [-0.39, 0.29) is 5.03 Å². The van der Waals surface area contributed by atoms with Crippen LogP contribution in [-0.4, -0.2) is 18.4 Å². The van der Waals surface area contributed by atoms with E-state index >= 15 is 0 Å². The monoisotopic (exact) mass is 375 g/mol. The Morgan fingerprint density at radius 1 is 0.923 bits per heavy atom. The van der Waals surface area contributed by atoms with E-state index in [0.717, 1.165) is 40.7 Å². The fraction of sp³-hybridized carbons (Fsp3) is 0.111. The van der Waals surface area contributed by atoms with Crippen LogP contribution in [0.5, 0.6) is 0 Å². The van der Waals surface area contributed by atoms with Gasteiger partial charge in [0.25, 0.3) is 10.0 Å². The van der Waals surface area contributed by atoms with Crippen LogP contribution in [0.3, 0.4) is 0 Å². The molecule has 0 amide bonds. The van der Waals surface area contributed by atoms with E-state index in [2.05, 4.69) is 9.97 Å². The first kappa shape index (κ1) is 17.9. The Kier molecular flexibility index (Phi) is 4.69. The quantitative estimate of drug-likeness (QED) is 0.752. The van der Waals surface area contributed by atoms with Crippen LogP contribution in [0.2, 0.25) is 0 Å². The molecule has 0 aliphatic carbocycles. The van der Waals surface area contributed by atoms with Crippen LogP contribution in [0.15, 0.2) is 53.7 Å². The highest BCUT2D eigenvalue weighted by Gasteiger charge is 2.18. The maximum Gasteiger partial charge on any atom is 0.279 e. The Hall–Kier alpha value is -2.87. The zero-order valence-corrected chi connectivity index (χ0v) is 14.8. The number of pyridine rings is 2. The number of nitrogens with zero attached hydrogens (tertiary/aromatic N) is 2. The summed E-state index contributed by atoms with van der Waals surface area (Å²) in [5.74, 6) is -1.63. The van der Waals surface area contributed by atoms with E-state index in [1.54, 1.807) is 6.07 Å². The summed E-state index contributed by atoms with van der Waals surface area (Å²) in [6.07, 6.45) is 1.41. The molecule has 134 valence electrons. The zero-order chi connectivity index (χ0) is 18.9. The van der Waals surface area contributed by atoms with Crippen LogP contribution < -0.4 is 4.72 Å². The van der Waals surface area contributed by atoms with Crippen molar-refractivity contribution in [3.05, 3.63) is 71.7 Å². The van der Waals surface area contributed by atoms with E-state index in [9.17, 15) is 17.2 Å². The molecular formula is C18H15F2N3O2S. The molecule has 1 aromatic carbocycles. The highest BCUT2D eigenvalue weighted by molar-refractivity contribution is 7.92. The van der Waals surface area contributed by atoms with Crippen molar-refractivity contribution < 1.29 is 17.2 Å². The second-order valence-corrected chi connectivity index (χ2v) is 7.38. The topological polar surface area (TPSA) is 72.0 Å². The Labute approximate surface area is 149 Å². The molecule has 0 saturated heterocycles. The number of nitrogens with one attached hydrogen (secondary N) is 1. The summed E-state index contributed by atoms with van der Waals surface area (Å²) in [6, 6.07) is 9.13. The predicted molar refractivity (Wildman–Crippen MR) is 94.1 cm³/mol. The van der Waals surface area contributed by atoms with Gasteiger partial charge in [0.05, 0.1) is 5.69 Å². The molecule has 26 heavy (non-hydrogen) atoms. The Morgan fingerprint density at radius 2 is 1.62 bits per heavy atom. The number of benzene rings is 1. The van der Waals surface area contributed by atoms with Gasteiger partial charge in [-0.3, -0.25) is 9.71 Å². The minimum absolute atomic E-state index is 0.299. The molecule has 5 nitrogen and oxygen atoms in total. The lowest BCUT2D eigenvalue weighted by Crippen LogP contribution is -2.15. The third kappa shape index (κ3) is 3.85. The van der Waals surface area contributed by atoms with Gasteiger partial charge in [-0.1, -0.05) is 0 Å². The maximum absolute atomic E-state index is 13.7. The third-order valence-corrected chi connectivity index (χ3v) is 4.88. The first-order valence-corrected chi connectivity index (χ1v) is 9.12. The van der Waals surface area contributed by atoms with Gasteiger partial charge >= 0.3 is 0 Å². The highest BCUT2D eigenvalue weighted by Crippen LogP contribution is 2.23. The van der Waals surface area contributed by atoms with E-state index < -0.39 is 27.3 Å². The smallest absolute Gasteiger partial charge is 0.275 e. The first-order chi connectivity index (χ1) is 12.2. The maximum atomic E-state index is 13.7. The molecule has 0 spiro atoms. The summed E-state index contributed by atoms with van der Waals surface area (Å²) in [5, 5.41) is -0.299. The van der Waals surface area contributed by atoms with Crippen LogP contribution in [0.4, 0.5) is 14.5 Å². The normalized spacial score (nSPS) is 11.4. The summed E-state index contributed by atoms with van der Waals surface area (Å²) >= 11 is 0. The number of hydrogen-bond acceptors (Lipinski definition) is 4. The van der Waals surface area contributed by atoms with Gasteiger partial charge in [0, 0.05) is 29.2 Å². The SMILES string of the molecule is Cc1cc(-c2ccc(S(=O)(=O)Nc3cc(F)ccc3F)nc2)cc(C)n1. The van der Waals surface area contributed by atoms with E-state index in [1.807, 2.05) is 30.7 Å². The second kappa shape index (κ2) is 6.80. The standard InChI is InChI=1S/C18H15F2N3O2S/c1-11-7-14(8-12(2)22-11)13-3-6-18(21-10-13)26(24,25)23-17-9-15(19)4-5-16(17)20/h3-10,23H,1-2H3. The molecule has 0 aliphatic rings. The zero-order valence-electron chi connectivity index (χ0n) is 14.0. The Balaban J connectivity index is 1.90. The van der Waals surface area contributed by atoms with E-state index in [0.29, 0.717) is 0 Å². The van der Waals surface area contributed by atoms with E-state index in [1.165, 1.54) is 12.3 Å². The average molecular weight is 375 g/mol. The number of sulfonamides is 1. The van der Waals surface area contributed by atoms with Crippen LogP contribution in [-0.2, 0) is 10.0 Å². The molecule has 8 heteroatoms. The summed E-state index contributed by atoms with van der Waals surface area (Å²) < 4.78 is 53.6. The van der Waals surface area contributed by atoms with Gasteiger partial charge in [0.2, 0.25) is 0 Å². The van der Waals surface area contributed by atoms with Crippen molar-refractivity contribution in [1.82, 2.24) is 9.97 Å².